The molecule has 1 heteroatoms. The standard InChI is InChI=1S/C15H29N/c1-13(14-9-5-4-6-10-14)16-15-11-7-2-3-8-12-15/h13-16H,2-12H2,1H3. The fourth-order valence-corrected chi connectivity index (χ4v) is 3.59. The van der Waals surface area contributed by atoms with Crippen LogP contribution in [0.4, 0.5) is 0 Å². The zero-order valence-corrected chi connectivity index (χ0v) is 11.0. The summed E-state index contributed by atoms with van der Waals surface area (Å²) >= 11 is 0. The first-order valence-electron chi connectivity index (χ1n) is 7.62. The molecule has 0 aromatic carbocycles. The lowest BCUT2D eigenvalue weighted by atomic mass is 9.84. The summed E-state index contributed by atoms with van der Waals surface area (Å²) in [6.07, 6.45) is 16.1. The smallest absolute Gasteiger partial charge is 0.00696 e. The van der Waals surface area contributed by atoms with Crippen LogP contribution < -0.4 is 5.32 Å². The van der Waals surface area contributed by atoms with Gasteiger partial charge in [0.05, 0.1) is 0 Å². The minimum atomic E-state index is 0.767. The van der Waals surface area contributed by atoms with Gasteiger partial charge in [-0.3, -0.25) is 0 Å². The van der Waals surface area contributed by atoms with E-state index in [1.54, 1.807) is 0 Å². The maximum Gasteiger partial charge on any atom is 0.00696 e. The van der Waals surface area contributed by atoms with Crippen molar-refractivity contribution in [3.8, 4) is 0 Å². The van der Waals surface area contributed by atoms with E-state index in [4.69, 9.17) is 0 Å². The van der Waals surface area contributed by atoms with Crippen molar-refractivity contribution < 1.29 is 0 Å². The first-order valence-corrected chi connectivity index (χ1v) is 7.62. The molecule has 0 bridgehead atoms. The lowest BCUT2D eigenvalue weighted by Gasteiger charge is -2.31. The van der Waals surface area contributed by atoms with Gasteiger partial charge in [-0.25, -0.2) is 0 Å². The van der Waals surface area contributed by atoms with Gasteiger partial charge in [0.25, 0.3) is 0 Å². The Labute approximate surface area is 101 Å². The van der Waals surface area contributed by atoms with E-state index in [9.17, 15) is 0 Å². The first kappa shape index (κ1) is 12.4. The van der Waals surface area contributed by atoms with E-state index < -0.39 is 0 Å². The van der Waals surface area contributed by atoms with Crippen molar-refractivity contribution >= 4 is 0 Å². The highest BCUT2D eigenvalue weighted by Crippen LogP contribution is 2.27. The van der Waals surface area contributed by atoms with Crippen LogP contribution in [0, 0.1) is 5.92 Å². The van der Waals surface area contributed by atoms with Crippen molar-refractivity contribution in [1.82, 2.24) is 5.32 Å². The van der Waals surface area contributed by atoms with Crippen LogP contribution in [-0.4, -0.2) is 12.1 Å². The molecule has 2 rings (SSSR count). The first-order chi connectivity index (χ1) is 7.86. The quantitative estimate of drug-likeness (QED) is 0.705. The van der Waals surface area contributed by atoms with E-state index in [-0.39, 0.29) is 0 Å². The highest BCUT2D eigenvalue weighted by atomic mass is 14.9. The Morgan fingerprint density at radius 3 is 1.88 bits per heavy atom. The van der Waals surface area contributed by atoms with Gasteiger partial charge in [0, 0.05) is 12.1 Å². The van der Waals surface area contributed by atoms with Crippen molar-refractivity contribution in [2.45, 2.75) is 89.6 Å². The molecule has 1 unspecified atom stereocenters. The van der Waals surface area contributed by atoms with Crippen molar-refractivity contribution in [3.63, 3.8) is 0 Å². The second kappa shape index (κ2) is 6.64. The zero-order chi connectivity index (χ0) is 11.2. The van der Waals surface area contributed by atoms with Gasteiger partial charge in [0.2, 0.25) is 0 Å². The van der Waals surface area contributed by atoms with Gasteiger partial charge in [0.1, 0.15) is 0 Å². The van der Waals surface area contributed by atoms with Crippen molar-refractivity contribution in [2.24, 2.45) is 5.92 Å². The molecular weight excluding hydrogens is 194 g/mol. The second-order valence-electron chi connectivity index (χ2n) is 6.04. The van der Waals surface area contributed by atoms with E-state index in [2.05, 4.69) is 12.2 Å². The van der Waals surface area contributed by atoms with Gasteiger partial charge in [-0.05, 0) is 38.5 Å². The van der Waals surface area contributed by atoms with E-state index in [0.29, 0.717) is 0 Å². The highest BCUT2D eigenvalue weighted by Gasteiger charge is 2.22. The predicted molar refractivity (Wildman–Crippen MR) is 70.7 cm³/mol. The topological polar surface area (TPSA) is 12.0 Å². The second-order valence-corrected chi connectivity index (χ2v) is 6.04. The number of hydrogen-bond acceptors (Lipinski definition) is 1. The average Bonchev–Trinajstić information content (AvgIpc) is 2.59. The largest absolute Gasteiger partial charge is 0.311 e. The molecule has 2 aliphatic rings. The molecule has 0 aromatic heterocycles. The van der Waals surface area contributed by atoms with E-state index in [0.717, 1.165) is 18.0 Å². The fourth-order valence-electron chi connectivity index (χ4n) is 3.59. The summed E-state index contributed by atoms with van der Waals surface area (Å²) in [5.41, 5.74) is 0. The molecule has 0 radical (unpaired) electrons. The molecule has 0 saturated heterocycles. The SMILES string of the molecule is CC(NC1CCCCCC1)C1CCCCC1. The normalized spacial score (nSPS) is 27.6. The molecule has 94 valence electrons. The maximum absolute atomic E-state index is 3.93. The lowest BCUT2D eigenvalue weighted by Crippen LogP contribution is -2.41. The van der Waals surface area contributed by atoms with Crippen LogP contribution >= 0.6 is 0 Å². The maximum atomic E-state index is 3.93. The zero-order valence-electron chi connectivity index (χ0n) is 11.0. The molecule has 1 nitrogen and oxygen atoms in total. The van der Waals surface area contributed by atoms with Gasteiger partial charge < -0.3 is 5.32 Å². The summed E-state index contributed by atoms with van der Waals surface area (Å²) in [5, 5.41) is 3.93. The third-order valence-electron chi connectivity index (χ3n) is 4.71. The molecule has 0 heterocycles. The Balaban J connectivity index is 1.73. The molecule has 16 heavy (non-hydrogen) atoms. The summed E-state index contributed by atoms with van der Waals surface area (Å²) in [6, 6.07) is 1.60. The number of nitrogens with one attached hydrogen (secondary N) is 1. The monoisotopic (exact) mass is 223 g/mol. The molecule has 2 fully saturated rings. The summed E-state index contributed by atoms with van der Waals surface area (Å²) in [5.74, 6) is 0.969. The molecule has 1 atom stereocenters. The summed E-state index contributed by atoms with van der Waals surface area (Å²) < 4.78 is 0. The van der Waals surface area contributed by atoms with Crippen LogP contribution in [0.2, 0.25) is 0 Å². The van der Waals surface area contributed by atoms with Gasteiger partial charge >= 0.3 is 0 Å². The third kappa shape index (κ3) is 3.76. The molecule has 0 amide bonds. The van der Waals surface area contributed by atoms with Crippen LogP contribution in [0.25, 0.3) is 0 Å². The fraction of sp³-hybridized carbons (Fsp3) is 1.00. The van der Waals surface area contributed by atoms with E-state index in [1.807, 2.05) is 0 Å². The van der Waals surface area contributed by atoms with Gasteiger partial charge in [0.15, 0.2) is 0 Å². The van der Waals surface area contributed by atoms with Crippen molar-refractivity contribution in [2.75, 3.05) is 0 Å². The summed E-state index contributed by atoms with van der Waals surface area (Å²) in [7, 11) is 0. The van der Waals surface area contributed by atoms with Crippen molar-refractivity contribution in [3.05, 3.63) is 0 Å². The Morgan fingerprint density at radius 1 is 0.750 bits per heavy atom. The Morgan fingerprint density at radius 2 is 1.25 bits per heavy atom. The van der Waals surface area contributed by atoms with Gasteiger partial charge in [-0.15, -0.1) is 0 Å². The highest BCUT2D eigenvalue weighted by molar-refractivity contribution is 4.80. The average molecular weight is 223 g/mol. The molecule has 0 spiro atoms. The molecule has 2 saturated carbocycles. The van der Waals surface area contributed by atoms with Gasteiger partial charge in [-0.2, -0.15) is 0 Å². The van der Waals surface area contributed by atoms with Crippen LogP contribution in [0.15, 0.2) is 0 Å². The Bertz CT molecular complexity index is 176. The molecular formula is C15H29N. The number of rotatable bonds is 3. The van der Waals surface area contributed by atoms with Crippen LogP contribution in [-0.2, 0) is 0 Å². The predicted octanol–water partition coefficient (Wildman–Crippen LogP) is 4.27. The van der Waals surface area contributed by atoms with Gasteiger partial charge in [-0.1, -0.05) is 44.9 Å². The summed E-state index contributed by atoms with van der Waals surface area (Å²) in [4.78, 5) is 0. The van der Waals surface area contributed by atoms with E-state index >= 15 is 0 Å². The minimum absolute atomic E-state index is 0.767. The lowest BCUT2D eigenvalue weighted by molar-refractivity contribution is 0.256. The third-order valence-corrected chi connectivity index (χ3v) is 4.71. The Hall–Kier alpha value is -0.0400. The molecule has 0 aliphatic heterocycles. The summed E-state index contributed by atoms with van der Waals surface area (Å²) in [6.45, 7) is 2.43. The van der Waals surface area contributed by atoms with Crippen LogP contribution in [0.3, 0.4) is 0 Å². The molecule has 1 N–H and O–H groups in total. The Kier molecular flexibility index (Phi) is 5.15. The van der Waals surface area contributed by atoms with Crippen LogP contribution in [0.1, 0.15) is 77.6 Å². The van der Waals surface area contributed by atoms with Crippen LogP contribution in [0.5, 0.6) is 0 Å². The van der Waals surface area contributed by atoms with Crippen molar-refractivity contribution in [1.29, 1.82) is 0 Å². The minimum Gasteiger partial charge on any atom is -0.311 e. The number of hydrogen-bond donors (Lipinski definition) is 1. The molecule has 2 aliphatic carbocycles. The van der Waals surface area contributed by atoms with E-state index in [1.165, 1.54) is 70.6 Å². The molecule has 0 aromatic rings.